The lowest BCUT2D eigenvalue weighted by molar-refractivity contribution is -0.110. The Bertz CT molecular complexity index is 1170. The predicted molar refractivity (Wildman–Crippen MR) is 124 cm³/mol. The Hall–Kier alpha value is -2.90. The summed E-state index contributed by atoms with van der Waals surface area (Å²) in [5.74, 6) is -0.367. The first kappa shape index (κ1) is 20.4. The Morgan fingerprint density at radius 3 is 2.43 bits per heavy atom. The number of carbonyl (C=O) groups is 2. The number of carbonyl (C=O) groups excluding carboxylic acids is 2. The number of anilines is 1. The Morgan fingerprint density at radius 1 is 1.03 bits per heavy atom. The van der Waals surface area contributed by atoms with E-state index < -0.39 is 0 Å². The molecule has 2 amide bonds. The Kier molecular flexibility index (Phi) is 5.74. The number of amides is 2. The highest BCUT2D eigenvalue weighted by molar-refractivity contribution is 9.11. The quantitative estimate of drug-likeness (QED) is 0.401. The second kappa shape index (κ2) is 8.45. The summed E-state index contributed by atoms with van der Waals surface area (Å²) >= 11 is 6.60. The van der Waals surface area contributed by atoms with Crippen molar-refractivity contribution in [2.24, 2.45) is 0 Å². The molecule has 0 aliphatic carbocycles. The number of phenols is 1. The lowest BCUT2D eigenvalue weighted by Gasteiger charge is -2.07. The summed E-state index contributed by atoms with van der Waals surface area (Å²) in [6, 6.07) is 18.2. The van der Waals surface area contributed by atoms with Crippen LogP contribution in [0.1, 0.15) is 27.0 Å². The Morgan fingerprint density at radius 2 is 1.73 bits per heavy atom. The highest BCUT2D eigenvalue weighted by Gasteiger charge is 2.25. The molecule has 0 bridgehead atoms. The number of phenolic OH excluding ortho intramolecular Hbond substituents is 1. The number of hydrogen-bond donors (Lipinski definition) is 3. The molecule has 0 aromatic heterocycles. The average Bonchev–Trinajstić information content (AvgIpc) is 3.05. The molecule has 0 radical (unpaired) electrons. The summed E-state index contributed by atoms with van der Waals surface area (Å²) in [5, 5.41) is 15.6. The highest BCUT2D eigenvalue weighted by Crippen LogP contribution is 2.37. The second-order valence-corrected chi connectivity index (χ2v) is 8.48. The van der Waals surface area contributed by atoms with E-state index in [1.54, 1.807) is 36.4 Å². The van der Waals surface area contributed by atoms with E-state index in [2.05, 4.69) is 42.5 Å². The van der Waals surface area contributed by atoms with Crippen molar-refractivity contribution >= 4 is 61.0 Å². The second-order valence-electron chi connectivity index (χ2n) is 6.77. The Balaban J connectivity index is 1.62. The van der Waals surface area contributed by atoms with E-state index in [1.165, 1.54) is 0 Å². The molecule has 0 saturated heterocycles. The van der Waals surface area contributed by atoms with Gasteiger partial charge >= 0.3 is 0 Å². The van der Waals surface area contributed by atoms with E-state index in [4.69, 9.17) is 0 Å². The standard InChI is InChI=1S/C23H16Br2N2O3/c24-18-9-14(10-19(25)21(18)28)8-17-16-11-15(6-7-20(16)27-23(17)30)22(29)26-12-13-4-2-1-3-5-13/h1-11,28H,12H2,(H,26,29)(H,27,30)/b17-8-. The number of nitrogens with one attached hydrogen (secondary N) is 2. The molecule has 1 aliphatic rings. The fourth-order valence-electron chi connectivity index (χ4n) is 3.19. The van der Waals surface area contributed by atoms with Gasteiger partial charge in [-0.15, -0.1) is 0 Å². The van der Waals surface area contributed by atoms with Gasteiger partial charge in [0.05, 0.1) is 8.95 Å². The molecule has 1 heterocycles. The van der Waals surface area contributed by atoms with E-state index in [0.717, 1.165) is 11.1 Å². The fraction of sp³-hybridized carbons (Fsp3) is 0.0435. The van der Waals surface area contributed by atoms with Crippen molar-refractivity contribution in [2.45, 2.75) is 6.54 Å². The first-order chi connectivity index (χ1) is 14.4. The van der Waals surface area contributed by atoms with Gasteiger partial charge < -0.3 is 15.7 Å². The molecular weight excluding hydrogens is 512 g/mol. The van der Waals surface area contributed by atoms with Gasteiger partial charge in [-0.25, -0.2) is 0 Å². The normalized spacial score (nSPS) is 13.8. The molecule has 150 valence electrons. The van der Waals surface area contributed by atoms with E-state index in [1.807, 2.05) is 30.3 Å². The molecule has 0 fully saturated rings. The van der Waals surface area contributed by atoms with Crippen LogP contribution in [-0.4, -0.2) is 16.9 Å². The van der Waals surface area contributed by atoms with Gasteiger partial charge in [0.25, 0.3) is 11.8 Å². The number of aromatic hydroxyl groups is 1. The topological polar surface area (TPSA) is 78.4 Å². The van der Waals surface area contributed by atoms with Crippen molar-refractivity contribution in [1.29, 1.82) is 0 Å². The van der Waals surface area contributed by atoms with Crippen LogP contribution in [0, 0.1) is 0 Å². The van der Waals surface area contributed by atoms with E-state index in [-0.39, 0.29) is 17.6 Å². The van der Waals surface area contributed by atoms with Gasteiger partial charge in [-0.2, -0.15) is 0 Å². The molecule has 3 N–H and O–H groups in total. The van der Waals surface area contributed by atoms with Crippen LogP contribution in [0.15, 0.2) is 69.6 Å². The third kappa shape index (κ3) is 4.17. The van der Waals surface area contributed by atoms with Gasteiger partial charge in [-0.05, 0) is 79.4 Å². The molecule has 0 saturated carbocycles. The van der Waals surface area contributed by atoms with Crippen LogP contribution < -0.4 is 10.6 Å². The van der Waals surface area contributed by atoms with Gasteiger partial charge in [-0.3, -0.25) is 9.59 Å². The fourth-order valence-corrected chi connectivity index (χ4v) is 4.41. The summed E-state index contributed by atoms with van der Waals surface area (Å²) in [6.45, 7) is 0.423. The van der Waals surface area contributed by atoms with E-state index >= 15 is 0 Å². The van der Waals surface area contributed by atoms with Gasteiger partial charge in [0.15, 0.2) is 0 Å². The largest absolute Gasteiger partial charge is 0.506 e. The minimum absolute atomic E-state index is 0.0887. The molecule has 4 rings (SSSR count). The maximum atomic E-state index is 12.6. The molecule has 30 heavy (non-hydrogen) atoms. The maximum absolute atomic E-state index is 12.6. The zero-order valence-corrected chi connectivity index (χ0v) is 18.7. The van der Waals surface area contributed by atoms with Crippen LogP contribution >= 0.6 is 31.9 Å². The van der Waals surface area contributed by atoms with E-state index in [0.29, 0.717) is 37.9 Å². The lowest BCUT2D eigenvalue weighted by atomic mass is 10.0. The van der Waals surface area contributed by atoms with Crippen LogP contribution in [0.25, 0.3) is 11.6 Å². The van der Waals surface area contributed by atoms with Gasteiger partial charge in [-0.1, -0.05) is 30.3 Å². The third-order valence-electron chi connectivity index (χ3n) is 4.71. The average molecular weight is 528 g/mol. The van der Waals surface area contributed by atoms with E-state index in [9.17, 15) is 14.7 Å². The number of fused-ring (bicyclic) bond motifs is 1. The van der Waals surface area contributed by atoms with Crippen molar-refractivity contribution in [2.75, 3.05) is 5.32 Å². The van der Waals surface area contributed by atoms with Crippen molar-refractivity contribution in [3.05, 3.63) is 91.9 Å². The molecule has 7 heteroatoms. The number of halogens is 2. The van der Waals surface area contributed by atoms with Gasteiger partial charge in [0, 0.05) is 28.9 Å². The first-order valence-electron chi connectivity index (χ1n) is 9.10. The number of hydrogen-bond acceptors (Lipinski definition) is 3. The monoisotopic (exact) mass is 526 g/mol. The maximum Gasteiger partial charge on any atom is 0.256 e. The zero-order valence-electron chi connectivity index (χ0n) is 15.6. The summed E-state index contributed by atoms with van der Waals surface area (Å²) in [4.78, 5) is 25.1. The van der Waals surface area contributed by atoms with Gasteiger partial charge in [0.2, 0.25) is 0 Å². The smallest absolute Gasteiger partial charge is 0.256 e. The molecule has 0 unspecified atom stereocenters. The molecule has 3 aromatic rings. The summed E-state index contributed by atoms with van der Waals surface area (Å²) in [5.41, 5.74) is 3.97. The SMILES string of the molecule is O=C1Nc2ccc(C(=O)NCc3ccccc3)cc2/C1=C/c1cc(Br)c(O)c(Br)c1. The predicted octanol–water partition coefficient (Wildman–Crippen LogP) is 5.34. The first-order valence-corrected chi connectivity index (χ1v) is 10.7. The summed E-state index contributed by atoms with van der Waals surface area (Å²) < 4.78 is 1.02. The molecule has 0 spiro atoms. The lowest BCUT2D eigenvalue weighted by Crippen LogP contribution is -2.22. The van der Waals surface area contributed by atoms with Crippen molar-refractivity contribution < 1.29 is 14.7 Å². The van der Waals surface area contributed by atoms with Crippen LogP contribution in [-0.2, 0) is 11.3 Å². The van der Waals surface area contributed by atoms with Crippen molar-refractivity contribution in [1.82, 2.24) is 5.32 Å². The van der Waals surface area contributed by atoms with Crippen LogP contribution in [0.5, 0.6) is 5.75 Å². The van der Waals surface area contributed by atoms with Crippen LogP contribution in [0.3, 0.4) is 0 Å². The van der Waals surface area contributed by atoms with Crippen molar-refractivity contribution in [3.8, 4) is 5.75 Å². The highest BCUT2D eigenvalue weighted by atomic mass is 79.9. The summed E-state index contributed by atoms with van der Waals surface area (Å²) in [7, 11) is 0. The number of benzene rings is 3. The molecule has 1 aliphatic heterocycles. The molecular formula is C23H16Br2N2O3. The molecule has 5 nitrogen and oxygen atoms in total. The van der Waals surface area contributed by atoms with Crippen LogP contribution in [0.2, 0.25) is 0 Å². The molecule has 0 atom stereocenters. The van der Waals surface area contributed by atoms with Crippen molar-refractivity contribution in [3.63, 3.8) is 0 Å². The minimum Gasteiger partial charge on any atom is -0.506 e. The minimum atomic E-state index is -0.243. The third-order valence-corrected chi connectivity index (χ3v) is 5.92. The number of rotatable bonds is 4. The Labute approximate surface area is 190 Å². The summed E-state index contributed by atoms with van der Waals surface area (Å²) in [6.07, 6.45) is 1.72. The van der Waals surface area contributed by atoms with Gasteiger partial charge in [0.1, 0.15) is 5.75 Å². The van der Waals surface area contributed by atoms with Crippen LogP contribution in [0.4, 0.5) is 5.69 Å². The molecule has 3 aromatic carbocycles. The zero-order chi connectivity index (χ0) is 21.3.